The predicted octanol–water partition coefficient (Wildman–Crippen LogP) is 1.84. The van der Waals surface area contributed by atoms with Gasteiger partial charge in [0.25, 0.3) is 0 Å². The third-order valence-electron chi connectivity index (χ3n) is 2.90. The highest BCUT2D eigenvalue weighted by Gasteiger charge is 2.13. The van der Waals surface area contributed by atoms with E-state index in [1.165, 1.54) is 0 Å². The van der Waals surface area contributed by atoms with Crippen molar-refractivity contribution in [2.75, 3.05) is 0 Å². The van der Waals surface area contributed by atoms with E-state index in [0.29, 0.717) is 5.56 Å². The first-order chi connectivity index (χ1) is 8.69. The van der Waals surface area contributed by atoms with Crippen molar-refractivity contribution in [2.45, 2.75) is 20.3 Å². The zero-order valence-electron chi connectivity index (χ0n) is 10.5. The van der Waals surface area contributed by atoms with Gasteiger partial charge in [0.15, 0.2) is 5.84 Å². The van der Waals surface area contributed by atoms with Crippen LogP contribution in [0.2, 0.25) is 0 Å². The van der Waals surface area contributed by atoms with Crippen LogP contribution >= 0.6 is 0 Å². The van der Waals surface area contributed by atoms with Crippen LogP contribution in [0.4, 0.5) is 0 Å². The van der Waals surface area contributed by atoms with Crippen molar-refractivity contribution in [2.24, 2.45) is 10.9 Å². The second kappa shape index (κ2) is 4.91. The van der Waals surface area contributed by atoms with E-state index in [-0.39, 0.29) is 5.84 Å². The Balaban J connectivity index is 2.70. The number of para-hydroxylation sites is 1. The molecule has 94 valence electrons. The fourth-order valence-electron chi connectivity index (χ4n) is 2.04. The van der Waals surface area contributed by atoms with E-state index in [2.05, 4.69) is 10.1 Å². The Morgan fingerprint density at radius 3 is 2.94 bits per heavy atom. The van der Waals surface area contributed by atoms with Gasteiger partial charge in [-0.15, -0.1) is 0 Å². The third kappa shape index (κ3) is 1.95. The molecule has 0 fully saturated rings. The molecular formula is C13H16N4O. The number of nitrogens with zero attached hydrogens (tertiary/aromatic N) is 3. The van der Waals surface area contributed by atoms with E-state index in [1.807, 2.05) is 42.8 Å². The van der Waals surface area contributed by atoms with Crippen molar-refractivity contribution in [3.05, 3.63) is 47.5 Å². The zero-order valence-corrected chi connectivity index (χ0v) is 10.5. The Bertz CT molecular complexity index is 586. The molecule has 18 heavy (non-hydrogen) atoms. The van der Waals surface area contributed by atoms with Gasteiger partial charge in [0.2, 0.25) is 0 Å². The van der Waals surface area contributed by atoms with Gasteiger partial charge in [-0.25, -0.2) is 4.98 Å². The molecule has 2 aromatic rings. The number of oxime groups is 1. The predicted molar refractivity (Wildman–Crippen MR) is 70.2 cm³/mol. The molecule has 1 aromatic heterocycles. The number of rotatable bonds is 3. The summed E-state index contributed by atoms with van der Waals surface area (Å²) in [5.41, 5.74) is 8.38. The minimum atomic E-state index is 0.101. The van der Waals surface area contributed by atoms with Crippen molar-refractivity contribution in [3.8, 4) is 5.69 Å². The average Bonchev–Trinajstić information content (AvgIpc) is 2.85. The minimum absolute atomic E-state index is 0.101. The van der Waals surface area contributed by atoms with Gasteiger partial charge in [0.1, 0.15) is 5.82 Å². The van der Waals surface area contributed by atoms with Crippen LogP contribution in [0.1, 0.15) is 23.9 Å². The van der Waals surface area contributed by atoms with Crippen LogP contribution in [0.5, 0.6) is 0 Å². The molecule has 0 saturated heterocycles. The van der Waals surface area contributed by atoms with Gasteiger partial charge >= 0.3 is 0 Å². The lowest BCUT2D eigenvalue weighted by Gasteiger charge is -2.14. The van der Waals surface area contributed by atoms with Crippen LogP contribution in [0, 0.1) is 6.92 Å². The summed E-state index contributed by atoms with van der Waals surface area (Å²) in [6.07, 6.45) is 4.45. The van der Waals surface area contributed by atoms with Crippen LogP contribution in [0.3, 0.4) is 0 Å². The molecule has 1 heterocycles. The van der Waals surface area contributed by atoms with E-state index < -0.39 is 0 Å². The summed E-state index contributed by atoms with van der Waals surface area (Å²) in [5, 5.41) is 12.0. The molecule has 5 heteroatoms. The molecule has 0 amide bonds. The Kier molecular flexibility index (Phi) is 3.32. The molecule has 0 aliphatic heterocycles. The lowest BCUT2D eigenvalue weighted by molar-refractivity contribution is 0.318. The van der Waals surface area contributed by atoms with Gasteiger partial charge in [-0.2, -0.15) is 0 Å². The minimum Gasteiger partial charge on any atom is -0.409 e. The van der Waals surface area contributed by atoms with Gasteiger partial charge in [-0.3, -0.25) is 0 Å². The second-order valence-corrected chi connectivity index (χ2v) is 4.02. The number of benzene rings is 1. The van der Waals surface area contributed by atoms with Crippen LogP contribution in [0.25, 0.3) is 5.69 Å². The first kappa shape index (κ1) is 12.2. The van der Waals surface area contributed by atoms with Crippen molar-refractivity contribution in [3.63, 3.8) is 0 Å². The number of aromatic nitrogens is 2. The summed E-state index contributed by atoms with van der Waals surface area (Å²) in [6.45, 7) is 4.03. The first-order valence-electron chi connectivity index (χ1n) is 5.79. The first-order valence-corrected chi connectivity index (χ1v) is 5.79. The Labute approximate surface area is 106 Å². The second-order valence-electron chi connectivity index (χ2n) is 4.02. The topological polar surface area (TPSA) is 76.4 Å². The number of nitrogens with two attached hydrogens (primary N) is 1. The number of amidine groups is 1. The SMILES string of the molecule is CCc1nccn1-c1c(C)cccc1/C(N)=N/O. The fourth-order valence-corrected chi connectivity index (χ4v) is 2.04. The van der Waals surface area contributed by atoms with Gasteiger partial charge in [-0.1, -0.05) is 24.2 Å². The zero-order chi connectivity index (χ0) is 13.1. The summed E-state index contributed by atoms with van der Waals surface area (Å²) in [6, 6.07) is 5.70. The van der Waals surface area contributed by atoms with Gasteiger partial charge in [-0.05, 0) is 18.6 Å². The van der Waals surface area contributed by atoms with Crippen molar-refractivity contribution in [1.82, 2.24) is 9.55 Å². The molecule has 3 N–H and O–H groups in total. The van der Waals surface area contributed by atoms with Crippen LogP contribution < -0.4 is 5.73 Å². The summed E-state index contributed by atoms with van der Waals surface area (Å²) >= 11 is 0. The van der Waals surface area contributed by atoms with E-state index in [1.54, 1.807) is 6.20 Å². The maximum atomic E-state index is 8.87. The highest BCUT2D eigenvalue weighted by Crippen LogP contribution is 2.21. The normalized spacial score (nSPS) is 11.8. The highest BCUT2D eigenvalue weighted by atomic mass is 16.4. The molecule has 5 nitrogen and oxygen atoms in total. The molecule has 0 bridgehead atoms. The number of aryl methyl sites for hydroxylation is 2. The Morgan fingerprint density at radius 1 is 1.50 bits per heavy atom. The van der Waals surface area contributed by atoms with Crippen molar-refractivity contribution < 1.29 is 5.21 Å². The quantitative estimate of drug-likeness (QED) is 0.374. The summed E-state index contributed by atoms with van der Waals surface area (Å²) in [5.74, 6) is 1.04. The molecule has 0 atom stereocenters. The Morgan fingerprint density at radius 2 is 2.28 bits per heavy atom. The fraction of sp³-hybridized carbons (Fsp3) is 0.231. The maximum absolute atomic E-state index is 8.87. The van der Waals surface area contributed by atoms with Crippen LogP contribution in [-0.2, 0) is 6.42 Å². The third-order valence-corrected chi connectivity index (χ3v) is 2.90. The Hall–Kier alpha value is -2.30. The molecule has 2 rings (SSSR count). The molecule has 0 saturated carbocycles. The van der Waals surface area contributed by atoms with E-state index in [9.17, 15) is 0 Å². The van der Waals surface area contributed by atoms with Gasteiger partial charge in [0, 0.05) is 24.4 Å². The van der Waals surface area contributed by atoms with E-state index >= 15 is 0 Å². The lowest BCUT2D eigenvalue weighted by atomic mass is 10.1. The van der Waals surface area contributed by atoms with Crippen molar-refractivity contribution >= 4 is 5.84 Å². The van der Waals surface area contributed by atoms with E-state index in [0.717, 1.165) is 23.5 Å². The smallest absolute Gasteiger partial charge is 0.172 e. The van der Waals surface area contributed by atoms with Crippen LogP contribution in [0.15, 0.2) is 35.7 Å². The van der Waals surface area contributed by atoms with E-state index in [4.69, 9.17) is 10.9 Å². The molecule has 0 aliphatic rings. The lowest BCUT2D eigenvalue weighted by Crippen LogP contribution is -2.17. The highest BCUT2D eigenvalue weighted by molar-refractivity contribution is 6.00. The molecule has 0 aliphatic carbocycles. The van der Waals surface area contributed by atoms with Gasteiger partial charge in [0.05, 0.1) is 5.69 Å². The summed E-state index contributed by atoms with van der Waals surface area (Å²) in [4.78, 5) is 4.30. The average molecular weight is 244 g/mol. The molecular weight excluding hydrogens is 228 g/mol. The standard InChI is InChI=1S/C13H16N4O/c1-3-11-15-7-8-17(11)12-9(2)5-4-6-10(12)13(14)16-18/h4-8,18H,3H2,1-2H3,(H2,14,16). The molecule has 1 aromatic carbocycles. The molecule has 0 unspecified atom stereocenters. The maximum Gasteiger partial charge on any atom is 0.172 e. The van der Waals surface area contributed by atoms with Gasteiger partial charge < -0.3 is 15.5 Å². The van der Waals surface area contributed by atoms with Crippen molar-refractivity contribution in [1.29, 1.82) is 0 Å². The summed E-state index contributed by atoms with van der Waals surface area (Å²) in [7, 11) is 0. The number of hydrogen-bond acceptors (Lipinski definition) is 3. The molecule has 0 radical (unpaired) electrons. The number of imidazole rings is 1. The largest absolute Gasteiger partial charge is 0.409 e. The molecule has 0 spiro atoms. The number of hydrogen-bond donors (Lipinski definition) is 2. The van der Waals surface area contributed by atoms with Crippen LogP contribution in [-0.4, -0.2) is 20.6 Å². The summed E-state index contributed by atoms with van der Waals surface area (Å²) < 4.78 is 1.97. The monoisotopic (exact) mass is 244 g/mol.